The van der Waals surface area contributed by atoms with Crippen molar-refractivity contribution in [3.8, 4) is 11.8 Å². The summed E-state index contributed by atoms with van der Waals surface area (Å²) in [6, 6.07) is 17.1. The standard InChI is InChI=1S/C26H33NO/c1-3-5-6-21-7-12-23(13-8-21)24-14-9-22(10-15-24)19-28-26-16-11-20(4-2)17-25(26)18-27/h9-11,14-17,21,23H,3-8,12-13,19H2,1-2H3. The Morgan fingerprint density at radius 3 is 2.32 bits per heavy atom. The van der Waals surface area contributed by atoms with Crippen LogP contribution in [0.5, 0.6) is 5.75 Å². The third kappa shape index (κ3) is 5.38. The molecule has 0 N–H and O–H groups in total. The van der Waals surface area contributed by atoms with Gasteiger partial charge in [0.1, 0.15) is 18.4 Å². The van der Waals surface area contributed by atoms with Crippen LogP contribution in [0.15, 0.2) is 42.5 Å². The van der Waals surface area contributed by atoms with Gasteiger partial charge >= 0.3 is 0 Å². The first-order valence-corrected chi connectivity index (χ1v) is 11.0. The first-order chi connectivity index (χ1) is 13.7. The minimum absolute atomic E-state index is 0.504. The molecule has 148 valence electrons. The monoisotopic (exact) mass is 375 g/mol. The number of rotatable bonds is 8. The number of benzene rings is 2. The third-order valence-corrected chi connectivity index (χ3v) is 6.23. The fourth-order valence-electron chi connectivity index (χ4n) is 4.33. The summed E-state index contributed by atoms with van der Waals surface area (Å²) in [5.74, 6) is 2.35. The van der Waals surface area contributed by atoms with Crippen molar-refractivity contribution >= 4 is 0 Å². The minimum Gasteiger partial charge on any atom is -0.488 e. The molecule has 0 aliphatic heterocycles. The van der Waals surface area contributed by atoms with Gasteiger partial charge in [-0.25, -0.2) is 0 Å². The van der Waals surface area contributed by atoms with E-state index in [1.807, 2.05) is 18.2 Å². The predicted octanol–water partition coefficient (Wildman–Crippen LogP) is 7.16. The molecule has 2 nitrogen and oxygen atoms in total. The highest BCUT2D eigenvalue weighted by atomic mass is 16.5. The van der Waals surface area contributed by atoms with Crippen LogP contribution in [0, 0.1) is 17.2 Å². The molecule has 0 atom stereocenters. The van der Waals surface area contributed by atoms with E-state index in [9.17, 15) is 5.26 Å². The van der Waals surface area contributed by atoms with Crippen LogP contribution >= 0.6 is 0 Å². The molecule has 1 aliphatic carbocycles. The van der Waals surface area contributed by atoms with Gasteiger partial charge in [0.2, 0.25) is 0 Å². The van der Waals surface area contributed by atoms with Crippen LogP contribution in [0.25, 0.3) is 0 Å². The summed E-state index contributed by atoms with van der Waals surface area (Å²) in [5.41, 5.74) is 4.42. The largest absolute Gasteiger partial charge is 0.488 e. The van der Waals surface area contributed by atoms with E-state index in [0.717, 1.165) is 29.4 Å². The predicted molar refractivity (Wildman–Crippen MR) is 116 cm³/mol. The zero-order chi connectivity index (χ0) is 19.8. The van der Waals surface area contributed by atoms with Crippen molar-refractivity contribution < 1.29 is 4.74 Å². The summed E-state index contributed by atoms with van der Waals surface area (Å²) < 4.78 is 5.93. The molecule has 3 rings (SSSR count). The average molecular weight is 376 g/mol. The van der Waals surface area contributed by atoms with Gasteiger partial charge in [-0.3, -0.25) is 0 Å². The van der Waals surface area contributed by atoms with Crippen molar-refractivity contribution in [1.29, 1.82) is 5.26 Å². The molecule has 28 heavy (non-hydrogen) atoms. The van der Waals surface area contributed by atoms with E-state index in [4.69, 9.17) is 4.74 Å². The smallest absolute Gasteiger partial charge is 0.137 e. The van der Waals surface area contributed by atoms with Gasteiger partial charge in [-0.1, -0.05) is 63.4 Å². The normalized spacial score (nSPS) is 19.2. The molecule has 0 aromatic heterocycles. The van der Waals surface area contributed by atoms with Crippen molar-refractivity contribution in [2.75, 3.05) is 0 Å². The summed E-state index contributed by atoms with van der Waals surface area (Å²) in [6.07, 6.45) is 10.5. The number of hydrogen-bond acceptors (Lipinski definition) is 2. The van der Waals surface area contributed by atoms with E-state index >= 15 is 0 Å². The van der Waals surface area contributed by atoms with E-state index in [1.54, 1.807) is 0 Å². The second kappa shape index (κ2) is 10.3. The Kier molecular flexibility index (Phi) is 7.54. The second-order valence-electron chi connectivity index (χ2n) is 8.19. The first kappa shape index (κ1) is 20.5. The summed E-state index contributed by atoms with van der Waals surface area (Å²) in [7, 11) is 0. The lowest BCUT2D eigenvalue weighted by molar-refractivity contribution is 0.302. The van der Waals surface area contributed by atoms with Crippen LogP contribution in [0.1, 0.15) is 87.0 Å². The van der Waals surface area contributed by atoms with E-state index in [2.05, 4.69) is 44.2 Å². The minimum atomic E-state index is 0.504. The van der Waals surface area contributed by atoms with Gasteiger partial charge in [0, 0.05) is 0 Å². The van der Waals surface area contributed by atoms with Gasteiger partial charge in [0.15, 0.2) is 0 Å². The highest BCUT2D eigenvalue weighted by Gasteiger charge is 2.21. The van der Waals surface area contributed by atoms with Gasteiger partial charge in [-0.2, -0.15) is 5.26 Å². The Labute approximate surface area is 170 Å². The van der Waals surface area contributed by atoms with Gasteiger partial charge < -0.3 is 4.74 Å². The van der Waals surface area contributed by atoms with Crippen molar-refractivity contribution in [3.63, 3.8) is 0 Å². The number of ether oxygens (including phenoxy) is 1. The maximum absolute atomic E-state index is 9.35. The first-order valence-electron chi connectivity index (χ1n) is 11.0. The third-order valence-electron chi connectivity index (χ3n) is 6.23. The fraction of sp³-hybridized carbons (Fsp3) is 0.500. The van der Waals surface area contributed by atoms with Crippen molar-refractivity contribution in [3.05, 3.63) is 64.7 Å². The molecule has 0 spiro atoms. The summed E-state index contributed by atoms with van der Waals surface area (Å²) in [5, 5.41) is 9.35. The molecular weight excluding hydrogens is 342 g/mol. The van der Waals surface area contributed by atoms with Crippen molar-refractivity contribution in [2.45, 2.75) is 77.7 Å². The van der Waals surface area contributed by atoms with Crippen LogP contribution in [-0.4, -0.2) is 0 Å². The molecule has 1 aliphatic rings. The topological polar surface area (TPSA) is 33.0 Å². The molecule has 2 heteroatoms. The zero-order valence-electron chi connectivity index (χ0n) is 17.4. The number of nitriles is 1. The van der Waals surface area contributed by atoms with Crippen molar-refractivity contribution in [2.24, 2.45) is 5.92 Å². The summed E-state index contributed by atoms with van der Waals surface area (Å²) in [6.45, 7) is 4.89. The van der Waals surface area contributed by atoms with Crippen LogP contribution in [0.4, 0.5) is 0 Å². The molecule has 1 saturated carbocycles. The van der Waals surface area contributed by atoms with Crippen molar-refractivity contribution in [1.82, 2.24) is 0 Å². The highest BCUT2D eigenvalue weighted by Crippen LogP contribution is 2.37. The molecule has 2 aromatic rings. The van der Waals surface area contributed by atoms with E-state index in [0.29, 0.717) is 17.9 Å². The van der Waals surface area contributed by atoms with E-state index in [1.165, 1.54) is 50.5 Å². The second-order valence-corrected chi connectivity index (χ2v) is 8.19. The Hall–Kier alpha value is -2.27. The van der Waals surface area contributed by atoms with Gasteiger partial charge in [-0.05, 0) is 72.8 Å². The SMILES string of the molecule is CCCCC1CCC(c2ccc(COc3ccc(CC)cc3C#N)cc2)CC1. The lowest BCUT2D eigenvalue weighted by atomic mass is 9.77. The molecular formula is C26H33NO. The maximum atomic E-state index is 9.35. The summed E-state index contributed by atoms with van der Waals surface area (Å²) in [4.78, 5) is 0. The fourth-order valence-corrected chi connectivity index (χ4v) is 4.33. The maximum Gasteiger partial charge on any atom is 0.137 e. The molecule has 2 aromatic carbocycles. The van der Waals surface area contributed by atoms with Crippen LogP contribution in [-0.2, 0) is 13.0 Å². The Balaban J connectivity index is 1.53. The van der Waals surface area contributed by atoms with Crippen LogP contribution in [0.2, 0.25) is 0 Å². The lowest BCUT2D eigenvalue weighted by Crippen LogP contribution is -2.13. The molecule has 1 fully saturated rings. The zero-order valence-corrected chi connectivity index (χ0v) is 17.4. The Morgan fingerprint density at radius 1 is 0.964 bits per heavy atom. The molecule has 0 amide bonds. The molecule has 0 heterocycles. The van der Waals surface area contributed by atoms with Crippen LogP contribution < -0.4 is 4.74 Å². The molecule has 0 bridgehead atoms. The quantitative estimate of drug-likeness (QED) is 0.490. The Bertz CT molecular complexity index is 779. The van der Waals surface area contributed by atoms with Gasteiger partial charge in [0.25, 0.3) is 0 Å². The van der Waals surface area contributed by atoms with Gasteiger partial charge in [0.05, 0.1) is 5.56 Å². The molecule has 0 unspecified atom stereocenters. The molecule has 0 saturated heterocycles. The average Bonchev–Trinajstić information content (AvgIpc) is 2.77. The highest BCUT2D eigenvalue weighted by molar-refractivity contribution is 5.45. The van der Waals surface area contributed by atoms with E-state index < -0.39 is 0 Å². The lowest BCUT2D eigenvalue weighted by Gasteiger charge is -2.29. The summed E-state index contributed by atoms with van der Waals surface area (Å²) >= 11 is 0. The number of hydrogen-bond donors (Lipinski definition) is 0. The number of aryl methyl sites for hydroxylation is 1. The number of nitrogens with zero attached hydrogens (tertiary/aromatic N) is 1. The number of unbranched alkanes of at least 4 members (excludes halogenated alkanes) is 1. The Morgan fingerprint density at radius 2 is 1.68 bits per heavy atom. The van der Waals surface area contributed by atoms with Gasteiger partial charge in [-0.15, -0.1) is 0 Å². The molecule has 0 radical (unpaired) electrons. The van der Waals surface area contributed by atoms with Crippen LogP contribution in [0.3, 0.4) is 0 Å². The van der Waals surface area contributed by atoms with E-state index in [-0.39, 0.29) is 0 Å².